The molecule has 0 aromatic carbocycles. The number of aromatic nitrogens is 1. The fourth-order valence-corrected chi connectivity index (χ4v) is 3.31. The Morgan fingerprint density at radius 1 is 1.22 bits per heavy atom. The highest BCUT2D eigenvalue weighted by molar-refractivity contribution is 5.55. The fraction of sp³-hybridized carbons (Fsp3) is 0.706. The Bertz CT molecular complexity index is 485. The van der Waals surface area contributed by atoms with Gasteiger partial charge in [0.15, 0.2) is 0 Å². The van der Waals surface area contributed by atoms with Crippen molar-refractivity contribution in [3.8, 4) is 5.88 Å². The van der Waals surface area contributed by atoms with Crippen molar-refractivity contribution in [1.82, 2.24) is 10.3 Å². The van der Waals surface area contributed by atoms with E-state index in [1.807, 2.05) is 12.1 Å². The van der Waals surface area contributed by atoms with Crippen molar-refractivity contribution in [2.24, 2.45) is 0 Å². The van der Waals surface area contributed by atoms with Crippen molar-refractivity contribution in [3.05, 3.63) is 12.1 Å². The van der Waals surface area contributed by atoms with Crippen LogP contribution in [0.15, 0.2) is 12.1 Å². The van der Waals surface area contributed by atoms with Gasteiger partial charge in [-0.1, -0.05) is 19.3 Å². The van der Waals surface area contributed by atoms with Gasteiger partial charge < -0.3 is 25.4 Å². The summed E-state index contributed by atoms with van der Waals surface area (Å²) >= 11 is 0. The van der Waals surface area contributed by atoms with Gasteiger partial charge in [-0.05, 0) is 12.8 Å². The number of morpholine rings is 1. The van der Waals surface area contributed by atoms with Gasteiger partial charge in [-0.15, -0.1) is 0 Å². The molecule has 1 aliphatic carbocycles. The lowest BCUT2D eigenvalue weighted by atomic mass is 9.96. The van der Waals surface area contributed by atoms with Gasteiger partial charge in [0.1, 0.15) is 12.4 Å². The van der Waals surface area contributed by atoms with Gasteiger partial charge in [0, 0.05) is 43.5 Å². The number of nitrogen functional groups attached to an aromatic ring is 1. The van der Waals surface area contributed by atoms with Crippen LogP contribution in [0.4, 0.5) is 11.5 Å². The summed E-state index contributed by atoms with van der Waals surface area (Å²) in [6.07, 6.45) is 6.65. The molecule has 3 N–H and O–H groups in total. The van der Waals surface area contributed by atoms with E-state index in [-0.39, 0.29) is 0 Å². The topological polar surface area (TPSA) is 72.6 Å². The molecule has 1 saturated heterocycles. The molecule has 1 aliphatic heterocycles. The van der Waals surface area contributed by atoms with Crippen LogP contribution in [0.1, 0.15) is 32.1 Å². The number of nitrogens with two attached hydrogens (primary N) is 1. The molecule has 0 spiro atoms. The van der Waals surface area contributed by atoms with Crippen molar-refractivity contribution in [1.29, 1.82) is 0 Å². The molecule has 23 heavy (non-hydrogen) atoms. The maximum absolute atomic E-state index is 5.92. The molecule has 1 saturated carbocycles. The van der Waals surface area contributed by atoms with Gasteiger partial charge in [-0.3, -0.25) is 0 Å². The van der Waals surface area contributed by atoms with E-state index < -0.39 is 0 Å². The minimum Gasteiger partial charge on any atom is -0.476 e. The molecule has 2 heterocycles. The van der Waals surface area contributed by atoms with Crippen LogP contribution in [0.5, 0.6) is 5.88 Å². The van der Waals surface area contributed by atoms with E-state index in [0.717, 1.165) is 38.5 Å². The number of hydrogen-bond donors (Lipinski definition) is 2. The molecule has 6 nitrogen and oxygen atoms in total. The molecule has 0 unspecified atom stereocenters. The highest BCUT2D eigenvalue weighted by Gasteiger charge is 2.14. The zero-order chi connectivity index (χ0) is 15.9. The Balaban J connectivity index is 1.48. The number of anilines is 2. The number of ether oxygens (including phenoxy) is 2. The first-order valence-corrected chi connectivity index (χ1v) is 8.78. The summed E-state index contributed by atoms with van der Waals surface area (Å²) < 4.78 is 11.2. The minimum absolute atomic E-state index is 0.504. The average Bonchev–Trinajstić information content (AvgIpc) is 2.60. The predicted molar refractivity (Wildman–Crippen MR) is 92.1 cm³/mol. The standard InChI is InChI=1S/C17H28N4O2/c18-16-12-15(21-7-10-22-11-8-21)13-17(20-16)23-9-6-19-14-4-2-1-3-5-14/h12-14,19H,1-11H2,(H2,18,20). The summed E-state index contributed by atoms with van der Waals surface area (Å²) in [5, 5.41) is 3.57. The molecule has 128 valence electrons. The fourth-order valence-electron chi connectivity index (χ4n) is 3.31. The molecule has 2 fully saturated rings. The van der Waals surface area contributed by atoms with Crippen LogP contribution in [0.3, 0.4) is 0 Å². The zero-order valence-electron chi connectivity index (χ0n) is 13.8. The summed E-state index contributed by atoms with van der Waals surface area (Å²) in [4.78, 5) is 6.54. The molecule has 3 rings (SSSR count). The van der Waals surface area contributed by atoms with Crippen LogP contribution in [-0.4, -0.2) is 50.5 Å². The third kappa shape index (κ3) is 4.97. The molecule has 6 heteroatoms. The van der Waals surface area contributed by atoms with Gasteiger partial charge in [-0.25, -0.2) is 0 Å². The largest absolute Gasteiger partial charge is 0.476 e. The molecule has 0 bridgehead atoms. The summed E-state index contributed by atoms with van der Waals surface area (Å²) in [5.41, 5.74) is 6.99. The van der Waals surface area contributed by atoms with Gasteiger partial charge in [0.05, 0.1) is 13.2 Å². The van der Waals surface area contributed by atoms with E-state index in [9.17, 15) is 0 Å². The minimum atomic E-state index is 0.504. The van der Waals surface area contributed by atoms with E-state index in [2.05, 4.69) is 15.2 Å². The normalized spacial score (nSPS) is 19.7. The van der Waals surface area contributed by atoms with Crippen molar-refractivity contribution in [2.45, 2.75) is 38.1 Å². The molecular weight excluding hydrogens is 292 g/mol. The molecule has 1 aromatic heterocycles. The smallest absolute Gasteiger partial charge is 0.217 e. The Morgan fingerprint density at radius 2 is 2.00 bits per heavy atom. The lowest BCUT2D eigenvalue weighted by molar-refractivity contribution is 0.122. The van der Waals surface area contributed by atoms with E-state index >= 15 is 0 Å². The Labute approximate surface area is 138 Å². The van der Waals surface area contributed by atoms with Crippen LogP contribution < -0.4 is 20.7 Å². The van der Waals surface area contributed by atoms with Gasteiger partial charge in [-0.2, -0.15) is 4.98 Å². The number of pyridine rings is 1. The van der Waals surface area contributed by atoms with Crippen molar-refractivity contribution >= 4 is 11.5 Å². The van der Waals surface area contributed by atoms with Gasteiger partial charge >= 0.3 is 0 Å². The van der Waals surface area contributed by atoms with Gasteiger partial charge in [0.2, 0.25) is 5.88 Å². The Hall–Kier alpha value is -1.53. The summed E-state index contributed by atoms with van der Waals surface area (Å²) in [6.45, 7) is 4.75. The SMILES string of the molecule is Nc1cc(N2CCOCC2)cc(OCCNC2CCCCC2)n1. The maximum Gasteiger partial charge on any atom is 0.217 e. The molecule has 0 amide bonds. The lowest BCUT2D eigenvalue weighted by Gasteiger charge is -2.29. The monoisotopic (exact) mass is 320 g/mol. The van der Waals surface area contributed by atoms with Crippen LogP contribution >= 0.6 is 0 Å². The first-order valence-electron chi connectivity index (χ1n) is 8.78. The van der Waals surface area contributed by atoms with Crippen LogP contribution in [-0.2, 0) is 4.74 Å². The highest BCUT2D eigenvalue weighted by Crippen LogP contribution is 2.23. The van der Waals surface area contributed by atoms with Crippen LogP contribution in [0.2, 0.25) is 0 Å². The van der Waals surface area contributed by atoms with Crippen molar-refractivity contribution < 1.29 is 9.47 Å². The first kappa shape index (κ1) is 16.3. The second-order valence-corrected chi connectivity index (χ2v) is 6.33. The zero-order valence-corrected chi connectivity index (χ0v) is 13.8. The van der Waals surface area contributed by atoms with E-state index in [1.54, 1.807) is 0 Å². The average molecular weight is 320 g/mol. The number of nitrogens with one attached hydrogen (secondary N) is 1. The summed E-state index contributed by atoms with van der Waals surface area (Å²) in [7, 11) is 0. The van der Waals surface area contributed by atoms with Crippen LogP contribution in [0, 0.1) is 0 Å². The molecule has 0 atom stereocenters. The second-order valence-electron chi connectivity index (χ2n) is 6.33. The number of rotatable bonds is 6. The van der Waals surface area contributed by atoms with E-state index in [1.165, 1.54) is 32.1 Å². The Kier molecular flexibility index (Phi) is 5.93. The van der Waals surface area contributed by atoms with Crippen molar-refractivity contribution in [2.75, 3.05) is 50.1 Å². The third-order valence-electron chi connectivity index (χ3n) is 4.57. The summed E-state index contributed by atoms with van der Waals surface area (Å²) in [6, 6.07) is 4.53. The highest BCUT2D eigenvalue weighted by atomic mass is 16.5. The number of nitrogens with zero attached hydrogens (tertiary/aromatic N) is 2. The number of hydrogen-bond acceptors (Lipinski definition) is 6. The van der Waals surface area contributed by atoms with Gasteiger partial charge in [0.25, 0.3) is 0 Å². The molecule has 0 radical (unpaired) electrons. The van der Waals surface area contributed by atoms with Crippen molar-refractivity contribution in [3.63, 3.8) is 0 Å². The van der Waals surface area contributed by atoms with E-state index in [4.69, 9.17) is 15.2 Å². The third-order valence-corrected chi connectivity index (χ3v) is 4.57. The lowest BCUT2D eigenvalue weighted by Crippen LogP contribution is -2.36. The van der Waals surface area contributed by atoms with Crippen LogP contribution in [0.25, 0.3) is 0 Å². The molecule has 2 aliphatic rings. The summed E-state index contributed by atoms with van der Waals surface area (Å²) in [5.74, 6) is 1.11. The predicted octanol–water partition coefficient (Wildman–Crippen LogP) is 1.80. The first-order chi connectivity index (χ1) is 11.3. The quantitative estimate of drug-likeness (QED) is 0.779. The Morgan fingerprint density at radius 3 is 2.78 bits per heavy atom. The molecular formula is C17H28N4O2. The van der Waals surface area contributed by atoms with E-state index in [0.29, 0.717) is 24.3 Å². The molecule has 1 aromatic rings. The maximum atomic E-state index is 5.92. The second kappa shape index (κ2) is 8.36.